The van der Waals surface area contributed by atoms with E-state index in [4.69, 9.17) is 11.1 Å². The number of nitrogens with two attached hydrogens (primary N) is 1. The summed E-state index contributed by atoms with van der Waals surface area (Å²) in [6, 6.07) is 14.6. The van der Waals surface area contributed by atoms with E-state index in [1.807, 2.05) is 40.1 Å². The fourth-order valence-corrected chi connectivity index (χ4v) is 6.33. The van der Waals surface area contributed by atoms with E-state index in [-0.39, 0.29) is 41.2 Å². The van der Waals surface area contributed by atoms with Gasteiger partial charge in [-0.3, -0.25) is 19.8 Å². The number of fused-ring (bicyclic) bond motifs is 1. The summed E-state index contributed by atoms with van der Waals surface area (Å²) in [6.07, 6.45) is 4.59. The molecule has 1 atom stereocenters. The van der Waals surface area contributed by atoms with Gasteiger partial charge in [-0.05, 0) is 61.1 Å². The zero-order valence-electron chi connectivity index (χ0n) is 20.8. The minimum atomic E-state index is -0.578. The van der Waals surface area contributed by atoms with E-state index in [0.29, 0.717) is 12.1 Å². The molecule has 3 N–H and O–H groups in total. The molecular weight excluding hydrogens is 452 g/mol. The number of carbonyl (C=O) groups excluding carboxylic acids is 3. The number of nitrogens with one attached hydrogen (secondary N) is 1. The molecular formula is C29H34N4O3. The Bertz CT molecular complexity index is 1190. The van der Waals surface area contributed by atoms with Gasteiger partial charge in [0, 0.05) is 37.5 Å². The molecule has 2 aromatic carbocycles. The Balaban J connectivity index is 1.32. The second-order valence-corrected chi connectivity index (χ2v) is 10.8. The van der Waals surface area contributed by atoms with Gasteiger partial charge in [0.25, 0.3) is 0 Å². The highest BCUT2D eigenvalue weighted by Gasteiger charge is 2.51. The number of amides is 1. The van der Waals surface area contributed by atoms with E-state index in [2.05, 4.69) is 6.07 Å². The van der Waals surface area contributed by atoms with E-state index in [1.165, 1.54) is 6.92 Å². The first kappa shape index (κ1) is 24.2. The van der Waals surface area contributed by atoms with E-state index in [1.54, 1.807) is 12.1 Å². The summed E-state index contributed by atoms with van der Waals surface area (Å²) in [7, 11) is 0. The number of hydrogen-bond donors (Lipinski definition) is 2. The molecule has 5 rings (SSSR count). The van der Waals surface area contributed by atoms with Gasteiger partial charge in [0.2, 0.25) is 5.91 Å². The summed E-state index contributed by atoms with van der Waals surface area (Å²) in [5.74, 6) is 0.172. The van der Waals surface area contributed by atoms with Crippen LogP contribution in [0.4, 0.5) is 0 Å². The summed E-state index contributed by atoms with van der Waals surface area (Å²) in [5.41, 5.74) is 9.35. The number of guanidine groups is 1. The minimum absolute atomic E-state index is 0.00362. The number of benzene rings is 2. The first-order chi connectivity index (χ1) is 17.3. The minimum Gasteiger partial charge on any atom is -0.370 e. The maximum Gasteiger partial charge on any atom is 0.226 e. The third-order valence-corrected chi connectivity index (χ3v) is 8.48. The summed E-state index contributed by atoms with van der Waals surface area (Å²) in [6.45, 7) is 3.63. The molecule has 1 aliphatic carbocycles. The van der Waals surface area contributed by atoms with Crippen LogP contribution in [-0.2, 0) is 22.4 Å². The normalized spacial score (nSPS) is 21.0. The zero-order valence-corrected chi connectivity index (χ0v) is 20.8. The lowest BCUT2D eigenvalue weighted by Crippen LogP contribution is -2.55. The fraction of sp³-hybridized carbons (Fsp3) is 0.448. The second-order valence-electron chi connectivity index (χ2n) is 10.8. The Hall–Kier alpha value is -3.48. The molecule has 3 aliphatic rings. The highest BCUT2D eigenvalue weighted by molar-refractivity contribution is 5.95. The quantitative estimate of drug-likeness (QED) is 0.382. The number of Topliss-reactive ketones (excluding diaryl/α,β-unsaturated/α-hetero) is 2. The Morgan fingerprint density at radius 2 is 1.67 bits per heavy atom. The van der Waals surface area contributed by atoms with Gasteiger partial charge in [-0.15, -0.1) is 0 Å². The first-order valence-electron chi connectivity index (χ1n) is 12.9. The number of nitrogens with zero attached hydrogens (tertiary/aromatic N) is 2. The molecule has 0 radical (unpaired) electrons. The van der Waals surface area contributed by atoms with Gasteiger partial charge in [-0.2, -0.15) is 0 Å². The third kappa shape index (κ3) is 4.54. The van der Waals surface area contributed by atoms with Crippen LogP contribution in [0.5, 0.6) is 0 Å². The lowest BCUT2D eigenvalue weighted by atomic mass is 9.57. The lowest BCUT2D eigenvalue weighted by molar-refractivity contribution is -0.151. The van der Waals surface area contributed by atoms with Crippen LogP contribution < -0.4 is 5.73 Å². The van der Waals surface area contributed by atoms with Crippen molar-refractivity contribution < 1.29 is 14.4 Å². The number of ketones is 2. The fourth-order valence-electron chi connectivity index (χ4n) is 6.33. The Kier molecular flexibility index (Phi) is 6.41. The first-order valence-corrected chi connectivity index (χ1v) is 12.9. The zero-order chi connectivity index (χ0) is 25.4. The second kappa shape index (κ2) is 9.52. The molecule has 1 amide bonds. The molecule has 1 saturated carbocycles. The van der Waals surface area contributed by atoms with E-state index >= 15 is 0 Å². The maximum atomic E-state index is 13.7. The lowest BCUT2D eigenvalue weighted by Gasteiger charge is -2.53. The summed E-state index contributed by atoms with van der Waals surface area (Å²) in [4.78, 5) is 42.8. The molecule has 7 heteroatoms. The SMILES string of the molecule is CC(=O)c1ccc(CC(=O)[C@@H]2c3ccccc3CCN2C(=O)C2CC3(CCN(C(=N)N)CC3)C2)cc1. The number of likely N-dealkylation sites (tertiary alicyclic amines) is 1. The van der Waals surface area contributed by atoms with Crippen LogP contribution in [0.2, 0.25) is 0 Å². The van der Waals surface area contributed by atoms with Crippen LogP contribution >= 0.6 is 0 Å². The number of carbonyl (C=O) groups is 3. The van der Waals surface area contributed by atoms with Gasteiger partial charge in [-0.1, -0.05) is 48.5 Å². The van der Waals surface area contributed by atoms with E-state index in [0.717, 1.165) is 61.9 Å². The average Bonchev–Trinajstić information content (AvgIpc) is 2.86. The number of rotatable bonds is 5. The smallest absolute Gasteiger partial charge is 0.226 e. The van der Waals surface area contributed by atoms with Crippen LogP contribution in [0.1, 0.15) is 65.7 Å². The maximum absolute atomic E-state index is 13.7. The molecule has 188 valence electrons. The van der Waals surface area contributed by atoms with Crippen LogP contribution in [0.3, 0.4) is 0 Å². The van der Waals surface area contributed by atoms with Crippen molar-refractivity contribution in [3.63, 3.8) is 0 Å². The van der Waals surface area contributed by atoms with Gasteiger partial charge in [0.1, 0.15) is 6.04 Å². The largest absolute Gasteiger partial charge is 0.370 e. The van der Waals surface area contributed by atoms with Crippen LogP contribution in [0.25, 0.3) is 0 Å². The van der Waals surface area contributed by atoms with Crippen molar-refractivity contribution in [2.24, 2.45) is 17.1 Å². The standard InChI is InChI=1S/C29H34N4O3/c1-19(34)21-8-6-20(7-9-21)16-25(35)26-24-5-3-2-4-22(24)10-13-33(26)27(36)23-17-29(18-23)11-14-32(15-12-29)28(30)31/h2-9,23,26H,10-18H2,1H3,(H3,30,31)/t26-/m0/s1. The molecule has 0 aromatic heterocycles. The van der Waals surface area contributed by atoms with Gasteiger partial charge < -0.3 is 15.5 Å². The molecule has 0 bridgehead atoms. The van der Waals surface area contributed by atoms with Crippen LogP contribution in [-0.4, -0.2) is 52.9 Å². The van der Waals surface area contributed by atoms with Crippen molar-refractivity contribution in [3.05, 3.63) is 70.8 Å². The highest BCUT2D eigenvalue weighted by atomic mass is 16.2. The molecule has 2 heterocycles. The number of piperidine rings is 1. The molecule has 7 nitrogen and oxygen atoms in total. The van der Waals surface area contributed by atoms with Crippen molar-refractivity contribution in [3.8, 4) is 0 Å². The Morgan fingerprint density at radius 1 is 1.00 bits per heavy atom. The molecule has 2 aromatic rings. The van der Waals surface area contributed by atoms with Crippen molar-refractivity contribution in [2.75, 3.05) is 19.6 Å². The van der Waals surface area contributed by atoms with E-state index < -0.39 is 6.04 Å². The van der Waals surface area contributed by atoms with Gasteiger partial charge in [-0.25, -0.2) is 0 Å². The van der Waals surface area contributed by atoms with Gasteiger partial charge >= 0.3 is 0 Å². The third-order valence-electron chi connectivity index (χ3n) is 8.48. The van der Waals surface area contributed by atoms with Crippen LogP contribution in [0, 0.1) is 16.7 Å². The Morgan fingerprint density at radius 3 is 2.31 bits per heavy atom. The van der Waals surface area contributed by atoms with Crippen molar-refractivity contribution >= 4 is 23.4 Å². The molecule has 1 saturated heterocycles. The predicted octanol–water partition coefficient (Wildman–Crippen LogP) is 3.51. The predicted molar refractivity (Wildman–Crippen MR) is 138 cm³/mol. The van der Waals surface area contributed by atoms with Gasteiger partial charge in [0.05, 0.1) is 0 Å². The molecule has 2 fully saturated rings. The van der Waals surface area contributed by atoms with Crippen molar-refractivity contribution in [1.29, 1.82) is 5.41 Å². The molecule has 0 unspecified atom stereocenters. The summed E-state index contributed by atoms with van der Waals surface area (Å²) in [5, 5.41) is 7.66. The topological polar surface area (TPSA) is 108 Å². The molecule has 1 spiro atoms. The summed E-state index contributed by atoms with van der Waals surface area (Å²) < 4.78 is 0. The molecule has 36 heavy (non-hydrogen) atoms. The average molecular weight is 487 g/mol. The molecule has 2 aliphatic heterocycles. The van der Waals surface area contributed by atoms with Crippen molar-refractivity contribution in [1.82, 2.24) is 9.80 Å². The van der Waals surface area contributed by atoms with Crippen LogP contribution in [0.15, 0.2) is 48.5 Å². The van der Waals surface area contributed by atoms with Crippen molar-refractivity contribution in [2.45, 2.75) is 51.5 Å². The Labute approximate surface area is 212 Å². The van der Waals surface area contributed by atoms with E-state index in [9.17, 15) is 14.4 Å². The summed E-state index contributed by atoms with van der Waals surface area (Å²) >= 11 is 0. The van der Waals surface area contributed by atoms with Gasteiger partial charge in [0.15, 0.2) is 17.5 Å². The number of hydrogen-bond acceptors (Lipinski definition) is 4. The monoisotopic (exact) mass is 486 g/mol. The highest BCUT2D eigenvalue weighted by Crippen LogP contribution is 2.53.